The molecule has 0 aliphatic rings. The Labute approximate surface area is 97.9 Å². The molecule has 1 atom stereocenters. The Balaban J connectivity index is 4.42. The minimum absolute atomic E-state index is 0.00264. The predicted molar refractivity (Wildman–Crippen MR) is 65.6 cm³/mol. The van der Waals surface area contributed by atoms with Crippen LogP contribution in [0.15, 0.2) is 5.16 Å². The van der Waals surface area contributed by atoms with Crippen LogP contribution >= 0.6 is 0 Å². The van der Waals surface area contributed by atoms with Gasteiger partial charge in [-0.25, -0.2) is 0 Å². The van der Waals surface area contributed by atoms with Gasteiger partial charge in [0.25, 0.3) is 0 Å². The van der Waals surface area contributed by atoms with Crippen molar-refractivity contribution in [3.8, 4) is 0 Å². The molecule has 0 aromatic heterocycles. The van der Waals surface area contributed by atoms with Gasteiger partial charge in [0, 0.05) is 25.0 Å². The van der Waals surface area contributed by atoms with Crippen LogP contribution < -0.4 is 5.73 Å². The first kappa shape index (κ1) is 15.2. The molecule has 0 saturated carbocycles. The number of nitrogens with zero attached hydrogens (tertiary/aromatic N) is 2. The second-order valence-corrected chi connectivity index (χ2v) is 4.11. The van der Waals surface area contributed by atoms with Crippen LogP contribution in [-0.4, -0.2) is 46.8 Å². The predicted octanol–water partition coefficient (Wildman–Crippen LogP) is 0.852. The van der Waals surface area contributed by atoms with Gasteiger partial charge in [-0.1, -0.05) is 25.9 Å². The van der Waals surface area contributed by atoms with Crippen molar-refractivity contribution in [2.75, 3.05) is 19.7 Å². The van der Waals surface area contributed by atoms with Crippen molar-refractivity contribution in [2.24, 2.45) is 16.8 Å². The number of aliphatic hydroxyl groups is 1. The van der Waals surface area contributed by atoms with E-state index in [1.54, 1.807) is 0 Å². The van der Waals surface area contributed by atoms with Crippen LogP contribution in [0.1, 0.15) is 33.6 Å². The van der Waals surface area contributed by atoms with Gasteiger partial charge in [0.1, 0.15) is 5.84 Å². The Morgan fingerprint density at radius 1 is 1.38 bits per heavy atom. The maximum absolute atomic E-state index is 9.03. The number of hydrogen-bond donors (Lipinski definition) is 3. The molecule has 0 aliphatic carbocycles. The van der Waals surface area contributed by atoms with Gasteiger partial charge in [-0.05, 0) is 12.8 Å². The number of nitrogens with two attached hydrogens (primary N) is 1. The zero-order valence-corrected chi connectivity index (χ0v) is 10.6. The van der Waals surface area contributed by atoms with Crippen LogP contribution in [0.3, 0.4) is 0 Å². The summed E-state index contributed by atoms with van der Waals surface area (Å²) in [6, 6.07) is 0.445. The molecule has 4 N–H and O–H groups in total. The number of hydrogen-bond acceptors (Lipinski definition) is 4. The molecule has 96 valence electrons. The van der Waals surface area contributed by atoms with Crippen molar-refractivity contribution < 1.29 is 10.3 Å². The molecular weight excluding hydrogens is 206 g/mol. The zero-order chi connectivity index (χ0) is 12.6. The van der Waals surface area contributed by atoms with E-state index in [1.807, 2.05) is 6.92 Å². The van der Waals surface area contributed by atoms with E-state index in [0.717, 1.165) is 12.8 Å². The third-order valence-electron chi connectivity index (χ3n) is 2.97. The molecule has 0 aliphatic heterocycles. The Morgan fingerprint density at radius 2 is 1.94 bits per heavy atom. The summed E-state index contributed by atoms with van der Waals surface area (Å²) in [5, 5.41) is 20.6. The first-order chi connectivity index (χ1) is 7.60. The molecule has 0 heterocycles. The molecule has 0 aromatic rings. The van der Waals surface area contributed by atoms with Crippen LogP contribution in [0.25, 0.3) is 0 Å². The van der Waals surface area contributed by atoms with E-state index in [1.165, 1.54) is 0 Å². The third kappa shape index (κ3) is 4.81. The maximum atomic E-state index is 9.03. The number of oxime groups is 1. The van der Waals surface area contributed by atoms with Gasteiger partial charge in [-0.3, -0.25) is 4.90 Å². The summed E-state index contributed by atoms with van der Waals surface area (Å²) in [5.41, 5.74) is 5.55. The van der Waals surface area contributed by atoms with Crippen molar-refractivity contribution in [3.63, 3.8) is 0 Å². The van der Waals surface area contributed by atoms with Crippen molar-refractivity contribution in [2.45, 2.75) is 39.7 Å². The summed E-state index contributed by atoms with van der Waals surface area (Å²) in [6.45, 7) is 7.67. The van der Waals surface area contributed by atoms with Crippen molar-refractivity contribution in [3.05, 3.63) is 0 Å². The Bertz CT molecular complexity index is 205. The topological polar surface area (TPSA) is 82.1 Å². The normalized spacial score (nSPS) is 14.8. The second-order valence-electron chi connectivity index (χ2n) is 4.11. The van der Waals surface area contributed by atoms with Crippen LogP contribution in [0.4, 0.5) is 0 Å². The molecule has 0 saturated heterocycles. The highest BCUT2D eigenvalue weighted by Crippen LogP contribution is 2.11. The summed E-state index contributed by atoms with van der Waals surface area (Å²) in [6.07, 6.45) is 2.08. The zero-order valence-electron chi connectivity index (χ0n) is 10.6. The van der Waals surface area contributed by atoms with Crippen LogP contribution in [0.5, 0.6) is 0 Å². The van der Waals surface area contributed by atoms with E-state index in [0.29, 0.717) is 19.1 Å². The molecule has 5 nitrogen and oxygen atoms in total. The van der Waals surface area contributed by atoms with Crippen molar-refractivity contribution in [1.82, 2.24) is 4.90 Å². The summed E-state index contributed by atoms with van der Waals surface area (Å²) in [5.74, 6) is 0.242. The lowest BCUT2D eigenvalue weighted by molar-refractivity contribution is 0.135. The van der Waals surface area contributed by atoms with E-state index in [-0.39, 0.29) is 18.4 Å². The fourth-order valence-electron chi connectivity index (χ4n) is 1.90. The quantitative estimate of drug-likeness (QED) is 0.250. The molecule has 5 heteroatoms. The minimum Gasteiger partial charge on any atom is -0.409 e. The first-order valence-electron chi connectivity index (χ1n) is 5.92. The first-order valence-corrected chi connectivity index (χ1v) is 5.92. The molecule has 0 aromatic carbocycles. The van der Waals surface area contributed by atoms with E-state index in [9.17, 15) is 0 Å². The summed E-state index contributed by atoms with van der Waals surface area (Å²) < 4.78 is 0. The Morgan fingerprint density at radius 3 is 2.31 bits per heavy atom. The SMILES string of the molecule is CCC(CC)N(CCO)CC(C)C(N)=NO. The third-order valence-corrected chi connectivity index (χ3v) is 2.97. The summed E-state index contributed by atoms with van der Waals surface area (Å²) in [7, 11) is 0. The van der Waals surface area contributed by atoms with Gasteiger partial charge < -0.3 is 16.0 Å². The average molecular weight is 231 g/mol. The van der Waals surface area contributed by atoms with Gasteiger partial charge in [-0.15, -0.1) is 0 Å². The molecule has 0 amide bonds. The van der Waals surface area contributed by atoms with Gasteiger partial charge >= 0.3 is 0 Å². The molecular formula is C11H25N3O2. The summed E-state index contributed by atoms with van der Waals surface area (Å²) >= 11 is 0. The average Bonchev–Trinajstić information content (AvgIpc) is 2.29. The fourth-order valence-corrected chi connectivity index (χ4v) is 1.90. The lowest BCUT2D eigenvalue weighted by atomic mass is 10.1. The molecule has 0 rings (SSSR count). The molecule has 0 bridgehead atoms. The van der Waals surface area contributed by atoms with Gasteiger partial charge in [0.2, 0.25) is 0 Å². The van der Waals surface area contributed by atoms with Gasteiger partial charge in [0.15, 0.2) is 0 Å². The largest absolute Gasteiger partial charge is 0.409 e. The highest BCUT2D eigenvalue weighted by molar-refractivity contribution is 5.82. The van der Waals surface area contributed by atoms with E-state index in [2.05, 4.69) is 23.9 Å². The lowest BCUT2D eigenvalue weighted by Crippen LogP contribution is -2.42. The standard InChI is InChI=1S/C11H25N3O2/c1-4-10(5-2)14(6-7-15)8-9(3)11(12)13-16/h9-10,15-16H,4-8H2,1-3H3,(H2,12,13). The number of rotatable bonds is 8. The van der Waals surface area contributed by atoms with Crippen LogP contribution in [0, 0.1) is 5.92 Å². The lowest BCUT2D eigenvalue weighted by Gasteiger charge is -2.31. The smallest absolute Gasteiger partial charge is 0.143 e. The van der Waals surface area contributed by atoms with Gasteiger partial charge in [-0.2, -0.15) is 0 Å². The van der Waals surface area contributed by atoms with Crippen LogP contribution in [0.2, 0.25) is 0 Å². The summed E-state index contributed by atoms with van der Waals surface area (Å²) in [4.78, 5) is 2.20. The minimum atomic E-state index is -0.00264. The number of aliphatic hydroxyl groups excluding tert-OH is 1. The molecule has 0 spiro atoms. The van der Waals surface area contributed by atoms with E-state index >= 15 is 0 Å². The molecule has 16 heavy (non-hydrogen) atoms. The Hall–Kier alpha value is -0.810. The second kappa shape index (κ2) is 8.35. The van der Waals surface area contributed by atoms with E-state index < -0.39 is 0 Å². The van der Waals surface area contributed by atoms with Crippen molar-refractivity contribution in [1.29, 1.82) is 0 Å². The monoisotopic (exact) mass is 231 g/mol. The van der Waals surface area contributed by atoms with E-state index in [4.69, 9.17) is 16.0 Å². The van der Waals surface area contributed by atoms with Crippen molar-refractivity contribution >= 4 is 5.84 Å². The van der Waals surface area contributed by atoms with Crippen LogP contribution in [-0.2, 0) is 0 Å². The highest BCUT2D eigenvalue weighted by Gasteiger charge is 2.19. The van der Waals surface area contributed by atoms with Gasteiger partial charge in [0.05, 0.1) is 6.61 Å². The fraction of sp³-hybridized carbons (Fsp3) is 0.909. The number of amidine groups is 1. The molecule has 1 unspecified atom stereocenters. The highest BCUT2D eigenvalue weighted by atomic mass is 16.4. The Kier molecular flexibility index (Phi) is 7.93. The molecule has 0 fully saturated rings. The maximum Gasteiger partial charge on any atom is 0.143 e. The molecule has 0 radical (unpaired) electrons.